The third kappa shape index (κ3) is 20.3. The Kier molecular flexibility index (Phi) is 26.2. The Labute approximate surface area is 198 Å². The van der Waals surface area contributed by atoms with Gasteiger partial charge >= 0.3 is 143 Å². The Bertz CT molecular complexity index is 348. The summed E-state index contributed by atoms with van der Waals surface area (Å²) in [6.07, 6.45) is 27.9. The summed E-state index contributed by atoms with van der Waals surface area (Å²) in [6, 6.07) is 0. The Hall–Kier alpha value is -0.100. The predicted octanol–water partition coefficient (Wildman–Crippen LogP) is 9.78. The Morgan fingerprint density at radius 3 is 1.35 bits per heavy atom. The molecule has 0 aromatic rings. The first kappa shape index (κ1) is 33.1. The van der Waals surface area contributed by atoms with Crippen LogP contribution in [0.25, 0.3) is 0 Å². The summed E-state index contributed by atoms with van der Waals surface area (Å²) in [4.78, 5) is 10.4. The van der Waals surface area contributed by atoms with Gasteiger partial charge in [-0.25, -0.2) is 0 Å². The van der Waals surface area contributed by atoms with Crippen molar-refractivity contribution >= 4 is 13.2 Å². The van der Waals surface area contributed by atoms with Crippen molar-refractivity contribution in [3.8, 4) is 0 Å². The summed E-state index contributed by atoms with van der Waals surface area (Å²) >= 11 is 0. The molecule has 0 spiro atoms. The summed E-state index contributed by atoms with van der Waals surface area (Å²) in [5.41, 5.74) is 0. The topological polar surface area (TPSA) is 37.3 Å². The van der Waals surface area contributed by atoms with Gasteiger partial charge in [-0.2, -0.15) is 0 Å². The van der Waals surface area contributed by atoms with Crippen molar-refractivity contribution in [2.24, 2.45) is 5.92 Å². The molecule has 190 valence electrons. The molecule has 0 saturated heterocycles. The standard InChI is InChI=1S/C20H45P.C8H16O2/c1-5-9-13-14-15-16-20-21(17-10-6-2,18-11-7-3)19-12-8-4;1-3-5-6-7(4-2)8(9)10/h21H,5-20H2,1-4H3;7H,3-6H2,1-2H3,(H,9,10). The van der Waals surface area contributed by atoms with Crippen molar-refractivity contribution in [3.63, 3.8) is 0 Å². The molecule has 0 heterocycles. The second-order valence-electron chi connectivity index (χ2n) is 9.91. The van der Waals surface area contributed by atoms with E-state index in [4.69, 9.17) is 5.11 Å². The second-order valence-corrected chi connectivity index (χ2v) is 14.9. The minimum absolute atomic E-state index is 0.111. The summed E-state index contributed by atoms with van der Waals surface area (Å²) < 4.78 is 0. The minimum atomic E-state index is -0.927. The van der Waals surface area contributed by atoms with Crippen LogP contribution in [0, 0.1) is 5.92 Å². The number of rotatable bonds is 21. The molecule has 31 heavy (non-hydrogen) atoms. The van der Waals surface area contributed by atoms with Crippen LogP contribution < -0.4 is 0 Å². The molecule has 2 nitrogen and oxygen atoms in total. The van der Waals surface area contributed by atoms with E-state index in [1.807, 2.05) is 6.92 Å². The monoisotopic (exact) mass is 460 g/mol. The van der Waals surface area contributed by atoms with Gasteiger partial charge in [-0.1, -0.05) is 26.7 Å². The van der Waals surface area contributed by atoms with Crippen LogP contribution in [0.5, 0.6) is 0 Å². The van der Waals surface area contributed by atoms with Crippen LogP contribution in [0.4, 0.5) is 0 Å². The van der Waals surface area contributed by atoms with Gasteiger partial charge in [-0.05, 0) is 12.8 Å². The average Bonchev–Trinajstić information content (AvgIpc) is 2.77. The number of carboxylic acids is 1. The fourth-order valence-corrected chi connectivity index (χ4v) is 10.4. The third-order valence-electron chi connectivity index (χ3n) is 6.99. The Balaban J connectivity index is 0. The number of aliphatic carboxylic acids is 1. The molecule has 0 rings (SSSR count). The van der Waals surface area contributed by atoms with Gasteiger partial charge in [-0.15, -0.1) is 0 Å². The van der Waals surface area contributed by atoms with Crippen molar-refractivity contribution in [2.45, 2.75) is 144 Å². The SMILES string of the molecule is CCCCC(CC)C(=O)O.CCCCCCCC[PH](CCCC)(CCCC)CCCC. The predicted molar refractivity (Wildman–Crippen MR) is 147 cm³/mol. The molecule has 3 heteroatoms. The van der Waals surface area contributed by atoms with Gasteiger partial charge in [0.1, 0.15) is 0 Å². The van der Waals surface area contributed by atoms with E-state index in [0.29, 0.717) is 0 Å². The molecular weight excluding hydrogens is 399 g/mol. The maximum atomic E-state index is 10.4. The fourth-order valence-electron chi connectivity index (χ4n) is 4.64. The molecule has 0 saturated carbocycles. The fraction of sp³-hybridized carbons (Fsp3) is 0.964. The van der Waals surface area contributed by atoms with Gasteiger partial charge in [0.2, 0.25) is 0 Å². The molecule has 0 bridgehead atoms. The molecule has 0 aromatic heterocycles. The van der Waals surface area contributed by atoms with Gasteiger partial charge in [-0.3, -0.25) is 4.79 Å². The van der Waals surface area contributed by atoms with Crippen molar-refractivity contribution in [1.29, 1.82) is 0 Å². The van der Waals surface area contributed by atoms with E-state index >= 15 is 0 Å². The Morgan fingerprint density at radius 2 is 0.968 bits per heavy atom. The number of unbranched alkanes of at least 4 members (excludes halogenated alkanes) is 9. The molecule has 0 aliphatic rings. The first-order valence-corrected chi connectivity index (χ1v) is 17.0. The van der Waals surface area contributed by atoms with Crippen LogP contribution in [-0.4, -0.2) is 35.7 Å². The van der Waals surface area contributed by atoms with E-state index < -0.39 is 13.2 Å². The zero-order valence-electron chi connectivity index (χ0n) is 22.6. The normalized spacial score (nSPS) is 12.8. The first-order valence-electron chi connectivity index (χ1n) is 14.2. The van der Waals surface area contributed by atoms with E-state index in [0.717, 1.165) is 25.7 Å². The van der Waals surface area contributed by atoms with Crippen LogP contribution >= 0.6 is 7.26 Å². The van der Waals surface area contributed by atoms with Gasteiger partial charge in [0, 0.05) is 0 Å². The van der Waals surface area contributed by atoms with Gasteiger partial charge < -0.3 is 5.11 Å². The number of carboxylic acid groups (broad SMARTS) is 1. The van der Waals surface area contributed by atoms with Crippen LogP contribution in [0.15, 0.2) is 0 Å². The molecule has 1 unspecified atom stereocenters. The van der Waals surface area contributed by atoms with Crippen molar-refractivity contribution in [3.05, 3.63) is 0 Å². The third-order valence-corrected chi connectivity index (χ3v) is 12.6. The number of hydrogen-bond acceptors (Lipinski definition) is 1. The summed E-state index contributed by atoms with van der Waals surface area (Å²) in [6.45, 7) is 13.5. The van der Waals surface area contributed by atoms with Crippen molar-refractivity contribution in [1.82, 2.24) is 0 Å². The van der Waals surface area contributed by atoms with Crippen molar-refractivity contribution in [2.75, 3.05) is 24.6 Å². The van der Waals surface area contributed by atoms with Gasteiger partial charge in [0.15, 0.2) is 0 Å². The van der Waals surface area contributed by atoms with Gasteiger partial charge in [0.25, 0.3) is 0 Å². The average molecular weight is 461 g/mol. The van der Waals surface area contributed by atoms with Crippen LogP contribution in [0.1, 0.15) is 144 Å². The molecule has 0 amide bonds. The zero-order valence-corrected chi connectivity index (χ0v) is 23.6. The molecular formula is C28H61O2P. The summed E-state index contributed by atoms with van der Waals surface area (Å²) in [5.74, 6) is -0.754. The number of carbonyl (C=O) groups is 1. The maximum absolute atomic E-state index is 10.4. The van der Waals surface area contributed by atoms with Crippen LogP contribution in [0.3, 0.4) is 0 Å². The van der Waals surface area contributed by atoms with Crippen LogP contribution in [-0.2, 0) is 4.79 Å². The molecule has 0 fully saturated rings. The molecule has 1 atom stereocenters. The summed E-state index contributed by atoms with van der Waals surface area (Å²) in [5, 5.41) is 8.60. The molecule has 0 radical (unpaired) electrons. The molecule has 1 N–H and O–H groups in total. The van der Waals surface area contributed by atoms with E-state index in [2.05, 4.69) is 34.6 Å². The first-order chi connectivity index (χ1) is 15.0. The molecule has 0 aliphatic carbocycles. The van der Waals surface area contributed by atoms with E-state index in [1.165, 1.54) is 70.6 Å². The number of hydrogen-bond donors (Lipinski definition) is 1. The zero-order chi connectivity index (χ0) is 23.8. The summed E-state index contributed by atoms with van der Waals surface area (Å²) in [7, 11) is -0.927. The molecule has 0 aromatic carbocycles. The Morgan fingerprint density at radius 1 is 0.581 bits per heavy atom. The van der Waals surface area contributed by atoms with Crippen molar-refractivity contribution < 1.29 is 9.90 Å². The van der Waals surface area contributed by atoms with Gasteiger partial charge in [0.05, 0.1) is 5.92 Å². The quantitative estimate of drug-likeness (QED) is 0.137. The van der Waals surface area contributed by atoms with E-state index in [1.54, 1.807) is 31.1 Å². The van der Waals surface area contributed by atoms with Crippen LogP contribution in [0.2, 0.25) is 0 Å². The van der Waals surface area contributed by atoms with E-state index in [9.17, 15) is 4.79 Å². The van der Waals surface area contributed by atoms with E-state index in [-0.39, 0.29) is 5.92 Å². The second kappa shape index (κ2) is 24.5. The molecule has 0 aliphatic heterocycles.